The van der Waals surface area contributed by atoms with E-state index >= 15 is 0 Å². The molecule has 1 aliphatic heterocycles. The van der Waals surface area contributed by atoms with Gasteiger partial charge in [-0.25, -0.2) is 0 Å². The van der Waals surface area contributed by atoms with E-state index in [4.69, 9.17) is 0 Å². The van der Waals surface area contributed by atoms with Gasteiger partial charge in [-0.2, -0.15) is 5.10 Å². The van der Waals surface area contributed by atoms with Gasteiger partial charge in [0.05, 0.1) is 17.3 Å². The SMILES string of the molecule is Cc1nnc2n1CC(C(=O)N(C)CCCc1cc(-c3ccccc3)n(C)n1)CC2. The maximum Gasteiger partial charge on any atom is 0.227 e. The molecule has 0 N–H and O–H groups in total. The second kappa shape index (κ2) is 8.19. The zero-order chi connectivity index (χ0) is 20.4. The van der Waals surface area contributed by atoms with Crippen molar-refractivity contribution in [1.29, 1.82) is 0 Å². The fourth-order valence-electron chi connectivity index (χ4n) is 4.11. The molecule has 0 fully saturated rings. The summed E-state index contributed by atoms with van der Waals surface area (Å²) >= 11 is 0. The quantitative estimate of drug-likeness (QED) is 0.647. The minimum atomic E-state index is 0.0155. The third-order valence-corrected chi connectivity index (χ3v) is 5.78. The molecule has 4 rings (SSSR count). The number of aromatic nitrogens is 5. The fraction of sp³-hybridized carbons (Fsp3) is 0.455. The van der Waals surface area contributed by atoms with Crippen LogP contribution in [0.3, 0.4) is 0 Å². The highest BCUT2D eigenvalue weighted by atomic mass is 16.2. The number of amides is 1. The molecule has 0 radical (unpaired) electrons. The summed E-state index contributed by atoms with van der Waals surface area (Å²) in [7, 11) is 3.89. The molecule has 0 saturated carbocycles. The highest BCUT2D eigenvalue weighted by molar-refractivity contribution is 5.78. The first-order valence-corrected chi connectivity index (χ1v) is 10.2. The lowest BCUT2D eigenvalue weighted by atomic mass is 9.97. The van der Waals surface area contributed by atoms with Crippen molar-refractivity contribution in [2.24, 2.45) is 13.0 Å². The van der Waals surface area contributed by atoms with Gasteiger partial charge in [0.15, 0.2) is 0 Å². The molecule has 0 spiro atoms. The molecule has 0 saturated heterocycles. The lowest BCUT2D eigenvalue weighted by molar-refractivity contribution is -0.135. The number of benzene rings is 1. The Morgan fingerprint density at radius 2 is 2.03 bits per heavy atom. The topological polar surface area (TPSA) is 68.8 Å². The molecule has 1 aliphatic rings. The largest absolute Gasteiger partial charge is 0.345 e. The lowest BCUT2D eigenvalue weighted by Gasteiger charge is -2.27. The predicted molar refractivity (Wildman–Crippen MR) is 111 cm³/mol. The van der Waals surface area contributed by atoms with Crippen LogP contribution in [0.2, 0.25) is 0 Å². The molecule has 0 aliphatic carbocycles. The van der Waals surface area contributed by atoms with Crippen LogP contribution in [-0.2, 0) is 31.2 Å². The molecule has 152 valence electrons. The summed E-state index contributed by atoms with van der Waals surface area (Å²) in [6, 6.07) is 12.4. The molecule has 3 heterocycles. The lowest BCUT2D eigenvalue weighted by Crippen LogP contribution is -2.38. The second-order valence-electron chi connectivity index (χ2n) is 7.88. The number of rotatable bonds is 6. The van der Waals surface area contributed by atoms with Crippen LogP contribution < -0.4 is 0 Å². The van der Waals surface area contributed by atoms with Gasteiger partial charge in [-0.05, 0) is 37.8 Å². The van der Waals surface area contributed by atoms with Gasteiger partial charge in [0, 0.05) is 33.6 Å². The number of carbonyl (C=O) groups excluding carboxylic acids is 1. The average molecular weight is 393 g/mol. The average Bonchev–Trinajstić information content (AvgIpc) is 3.30. The van der Waals surface area contributed by atoms with Gasteiger partial charge >= 0.3 is 0 Å². The van der Waals surface area contributed by atoms with Crippen LogP contribution in [0.4, 0.5) is 0 Å². The Balaban J connectivity index is 1.31. The Kier molecular flexibility index (Phi) is 5.47. The number of nitrogens with zero attached hydrogens (tertiary/aromatic N) is 6. The molecular formula is C22H28N6O. The minimum absolute atomic E-state index is 0.0155. The third kappa shape index (κ3) is 4.09. The van der Waals surface area contributed by atoms with E-state index in [1.165, 1.54) is 5.56 Å². The van der Waals surface area contributed by atoms with Gasteiger partial charge in [0.25, 0.3) is 0 Å². The van der Waals surface area contributed by atoms with Gasteiger partial charge in [-0.15, -0.1) is 10.2 Å². The summed E-state index contributed by atoms with van der Waals surface area (Å²) in [6.07, 6.45) is 3.43. The van der Waals surface area contributed by atoms with E-state index in [-0.39, 0.29) is 11.8 Å². The Morgan fingerprint density at radius 1 is 1.24 bits per heavy atom. The van der Waals surface area contributed by atoms with E-state index in [0.29, 0.717) is 6.54 Å². The smallest absolute Gasteiger partial charge is 0.227 e. The van der Waals surface area contributed by atoms with E-state index in [0.717, 1.165) is 55.3 Å². The molecule has 7 nitrogen and oxygen atoms in total. The molecule has 1 atom stereocenters. The fourth-order valence-corrected chi connectivity index (χ4v) is 4.11. The highest BCUT2D eigenvalue weighted by Gasteiger charge is 2.28. The number of fused-ring (bicyclic) bond motifs is 1. The summed E-state index contributed by atoms with van der Waals surface area (Å²) in [5.74, 6) is 2.12. The summed E-state index contributed by atoms with van der Waals surface area (Å²) in [4.78, 5) is 14.8. The minimum Gasteiger partial charge on any atom is -0.345 e. The van der Waals surface area contributed by atoms with E-state index in [1.54, 1.807) is 0 Å². The predicted octanol–water partition coefficient (Wildman–Crippen LogP) is 2.64. The van der Waals surface area contributed by atoms with Crippen LogP contribution in [0, 0.1) is 12.8 Å². The van der Waals surface area contributed by atoms with Crippen molar-refractivity contribution in [3.05, 3.63) is 53.7 Å². The van der Waals surface area contributed by atoms with Gasteiger partial charge in [0.2, 0.25) is 5.91 Å². The van der Waals surface area contributed by atoms with Crippen LogP contribution in [-0.4, -0.2) is 48.9 Å². The standard InChI is InChI=1S/C22H28N6O/c1-16-23-24-21-12-11-18(15-28(16)21)22(29)26(2)13-7-10-19-14-20(27(3)25-19)17-8-5-4-6-9-17/h4-6,8-9,14,18H,7,10-13,15H2,1-3H3. The number of carbonyl (C=O) groups is 1. The van der Waals surface area contributed by atoms with Crippen molar-refractivity contribution in [3.63, 3.8) is 0 Å². The van der Waals surface area contributed by atoms with Gasteiger partial charge in [-0.1, -0.05) is 30.3 Å². The van der Waals surface area contributed by atoms with E-state index in [1.807, 2.05) is 48.8 Å². The van der Waals surface area contributed by atoms with E-state index < -0.39 is 0 Å². The Hall–Kier alpha value is -2.96. The van der Waals surface area contributed by atoms with Crippen molar-refractivity contribution < 1.29 is 4.79 Å². The molecule has 1 unspecified atom stereocenters. The summed E-state index contributed by atoms with van der Waals surface area (Å²) in [5, 5.41) is 13.0. The maximum absolute atomic E-state index is 12.9. The second-order valence-corrected chi connectivity index (χ2v) is 7.88. The third-order valence-electron chi connectivity index (χ3n) is 5.78. The molecule has 2 aromatic heterocycles. The van der Waals surface area contributed by atoms with Crippen molar-refractivity contribution >= 4 is 5.91 Å². The molecule has 1 aromatic carbocycles. The summed E-state index contributed by atoms with van der Waals surface area (Å²) < 4.78 is 4.01. The van der Waals surface area contributed by atoms with Crippen LogP contribution >= 0.6 is 0 Å². The first-order valence-electron chi connectivity index (χ1n) is 10.2. The normalized spacial score (nSPS) is 15.9. The van der Waals surface area contributed by atoms with Crippen molar-refractivity contribution in [3.8, 4) is 11.3 Å². The number of hydrogen-bond acceptors (Lipinski definition) is 4. The summed E-state index contributed by atoms with van der Waals surface area (Å²) in [6.45, 7) is 3.38. The Labute approximate surface area is 171 Å². The van der Waals surface area contributed by atoms with Gasteiger partial charge in [0.1, 0.15) is 11.6 Å². The molecule has 1 amide bonds. The maximum atomic E-state index is 12.9. The first kappa shape index (κ1) is 19.4. The Morgan fingerprint density at radius 3 is 2.83 bits per heavy atom. The van der Waals surface area contributed by atoms with E-state index in [9.17, 15) is 4.79 Å². The van der Waals surface area contributed by atoms with Crippen LogP contribution in [0.5, 0.6) is 0 Å². The number of hydrogen-bond donors (Lipinski definition) is 0. The molecule has 3 aromatic rings. The Bertz CT molecular complexity index is 990. The molecule has 0 bridgehead atoms. The van der Waals surface area contributed by atoms with Gasteiger partial charge in [-0.3, -0.25) is 9.48 Å². The van der Waals surface area contributed by atoms with Crippen LogP contribution in [0.25, 0.3) is 11.3 Å². The molecule has 29 heavy (non-hydrogen) atoms. The molecule has 7 heteroatoms. The first-order chi connectivity index (χ1) is 14.0. The van der Waals surface area contributed by atoms with Gasteiger partial charge < -0.3 is 9.47 Å². The van der Waals surface area contributed by atoms with Crippen molar-refractivity contribution in [2.45, 2.75) is 39.2 Å². The van der Waals surface area contributed by atoms with E-state index in [2.05, 4.69) is 38.1 Å². The number of aryl methyl sites for hydroxylation is 4. The van der Waals surface area contributed by atoms with Crippen molar-refractivity contribution in [1.82, 2.24) is 29.4 Å². The van der Waals surface area contributed by atoms with Crippen molar-refractivity contribution in [2.75, 3.05) is 13.6 Å². The summed E-state index contributed by atoms with van der Waals surface area (Å²) in [5.41, 5.74) is 3.35. The van der Waals surface area contributed by atoms with Crippen LogP contribution in [0.15, 0.2) is 36.4 Å². The molecular weight excluding hydrogens is 364 g/mol. The zero-order valence-electron chi connectivity index (χ0n) is 17.4. The highest BCUT2D eigenvalue weighted by Crippen LogP contribution is 2.22. The zero-order valence-corrected chi connectivity index (χ0v) is 17.4. The monoisotopic (exact) mass is 392 g/mol. The van der Waals surface area contributed by atoms with Crippen LogP contribution in [0.1, 0.15) is 30.2 Å².